The van der Waals surface area contributed by atoms with E-state index in [2.05, 4.69) is 5.32 Å². The predicted octanol–water partition coefficient (Wildman–Crippen LogP) is 3.13. The minimum Gasteiger partial charge on any atom is -0.478 e. The summed E-state index contributed by atoms with van der Waals surface area (Å²) in [5.74, 6) is -0.870. The van der Waals surface area contributed by atoms with Gasteiger partial charge < -0.3 is 10.4 Å². The summed E-state index contributed by atoms with van der Waals surface area (Å²) in [5, 5.41) is 10.3. The van der Waals surface area contributed by atoms with Gasteiger partial charge in [0.25, 0.3) is 0 Å². The molecule has 0 radical (unpaired) electrons. The Balaban J connectivity index is 0. The fourth-order valence-electron chi connectivity index (χ4n) is 1.01. The van der Waals surface area contributed by atoms with Crippen LogP contribution in [0.4, 0.5) is 5.69 Å². The standard InChI is InChI=1S/C9H9NO2.C4H6O2.C2H6/c1-7(12)8-2-4-9(5-3-8)10-6-11;1-2-3-4(5)6;1-2/h2-6H,1H3,(H,10,11);2-3H,1H3,(H,5,6);1-2H3/b;3-2-;. The molecular weight excluding hydrogens is 258 g/mol. The molecule has 2 N–H and O–H groups in total. The van der Waals surface area contributed by atoms with Gasteiger partial charge in [-0.3, -0.25) is 9.59 Å². The van der Waals surface area contributed by atoms with Crippen LogP contribution in [0.15, 0.2) is 36.4 Å². The monoisotopic (exact) mass is 279 g/mol. The summed E-state index contributed by atoms with van der Waals surface area (Å²) in [5.41, 5.74) is 1.33. The first-order chi connectivity index (χ1) is 9.51. The van der Waals surface area contributed by atoms with E-state index in [0.29, 0.717) is 17.7 Å². The first-order valence-corrected chi connectivity index (χ1v) is 6.18. The van der Waals surface area contributed by atoms with Crippen LogP contribution in [0.25, 0.3) is 0 Å². The van der Waals surface area contributed by atoms with Gasteiger partial charge in [0.05, 0.1) is 0 Å². The topological polar surface area (TPSA) is 83.5 Å². The Labute approximate surface area is 119 Å². The molecule has 5 nitrogen and oxygen atoms in total. The van der Waals surface area contributed by atoms with Crippen LogP contribution in [0.2, 0.25) is 0 Å². The number of carboxylic acid groups (broad SMARTS) is 1. The zero-order chi connectivity index (χ0) is 16.0. The van der Waals surface area contributed by atoms with Gasteiger partial charge in [-0.15, -0.1) is 0 Å². The average Bonchev–Trinajstić information content (AvgIpc) is 2.42. The van der Waals surface area contributed by atoms with E-state index in [1.54, 1.807) is 31.2 Å². The van der Waals surface area contributed by atoms with Crippen molar-refractivity contribution in [3.63, 3.8) is 0 Å². The van der Waals surface area contributed by atoms with Gasteiger partial charge in [0.2, 0.25) is 6.41 Å². The molecule has 0 spiro atoms. The summed E-state index contributed by atoms with van der Waals surface area (Å²) in [6.07, 6.45) is 3.16. The molecule has 110 valence electrons. The largest absolute Gasteiger partial charge is 0.478 e. The molecule has 0 heterocycles. The lowest BCUT2D eigenvalue weighted by atomic mass is 10.1. The van der Waals surface area contributed by atoms with E-state index in [4.69, 9.17) is 5.11 Å². The van der Waals surface area contributed by atoms with Gasteiger partial charge in [-0.25, -0.2) is 4.79 Å². The van der Waals surface area contributed by atoms with Crippen LogP contribution in [-0.4, -0.2) is 23.3 Å². The molecule has 0 unspecified atom stereocenters. The number of allylic oxidation sites excluding steroid dienone is 1. The van der Waals surface area contributed by atoms with Crippen molar-refractivity contribution in [3.05, 3.63) is 42.0 Å². The van der Waals surface area contributed by atoms with Gasteiger partial charge in [-0.2, -0.15) is 0 Å². The van der Waals surface area contributed by atoms with E-state index in [1.807, 2.05) is 13.8 Å². The van der Waals surface area contributed by atoms with Crippen molar-refractivity contribution < 1.29 is 19.5 Å². The summed E-state index contributed by atoms with van der Waals surface area (Å²) < 4.78 is 0. The molecule has 0 aliphatic heterocycles. The highest BCUT2D eigenvalue weighted by Gasteiger charge is 1.97. The Morgan fingerprint density at radius 3 is 1.90 bits per heavy atom. The van der Waals surface area contributed by atoms with Crippen LogP contribution in [0.5, 0.6) is 0 Å². The van der Waals surface area contributed by atoms with E-state index < -0.39 is 5.97 Å². The number of Topliss-reactive ketones (excluding diaryl/α,β-unsaturated/α-hetero) is 1. The normalized spacial score (nSPS) is 8.60. The third kappa shape index (κ3) is 10.7. The Morgan fingerprint density at radius 1 is 1.15 bits per heavy atom. The fraction of sp³-hybridized carbons (Fsp3) is 0.267. The summed E-state index contributed by atoms with van der Waals surface area (Å²) in [6.45, 7) is 7.16. The van der Waals surface area contributed by atoms with Gasteiger partial charge in [-0.1, -0.05) is 19.9 Å². The van der Waals surface area contributed by atoms with E-state index in [0.717, 1.165) is 6.08 Å². The van der Waals surface area contributed by atoms with Crippen molar-refractivity contribution in [1.29, 1.82) is 0 Å². The zero-order valence-corrected chi connectivity index (χ0v) is 12.2. The quantitative estimate of drug-likeness (QED) is 0.504. The smallest absolute Gasteiger partial charge is 0.327 e. The number of rotatable bonds is 4. The average molecular weight is 279 g/mol. The molecule has 5 heteroatoms. The van der Waals surface area contributed by atoms with Crippen molar-refractivity contribution in [2.24, 2.45) is 0 Å². The lowest BCUT2D eigenvalue weighted by molar-refractivity contribution is -0.131. The van der Waals surface area contributed by atoms with Gasteiger partial charge in [0.1, 0.15) is 0 Å². The molecule has 0 saturated carbocycles. The number of hydrogen-bond acceptors (Lipinski definition) is 3. The maximum absolute atomic E-state index is 10.8. The summed E-state index contributed by atoms with van der Waals surface area (Å²) in [7, 11) is 0. The van der Waals surface area contributed by atoms with Gasteiger partial charge in [0.15, 0.2) is 5.78 Å². The summed E-state index contributed by atoms with van der Waals surface area (Å²) in [6, 6.07) is 6.72. The van der Waals surface area contributed by atoms with Crippen LogP contribution < -0.4 is 5.32 Å². The summed E-state index contributed by atoms with van der Waals surface area (Å²) in [4.78, 5) is 30.4. The van der Waals surface area contributed by atoms with Crippen LogP contribution in [0, 0.1) is 0 Å². The second kappa shape index (κ2) is 13.0. The molecular formula is C15H21NO4. The molecule has 0 aliphatic rings. The molecule has 1 aromatic carbocycles. The molecule has 20 heavy (non-hydrogen) atoms. The van der Waals surface area contributed by atoms with E-state index in [9.17, 15) is 14.4 Å². The van der Waals surface area contributed by atoms with Crippen molar-refractivity contribution in [2.45, 2.75) is 27.7 Å². The zero-order valence-electron chi connectivity index (χ0n) is 12.2. The number of ketones is 1. The van der Waals surface area contributed by atoms with Gasteiger partial charge in [-0.05, 0) is 38.1 Å². The molecule has 1 aromatic rings. The molecule has 0 fully saturated rings. The number of amides is 1. The van der Waals surface area contributed by atoms with Crippen molar-refractivity contribution >= 4 is 23.9 Å². The van der Waals surface area contributed by atoms with Crippen LogP contribution in [0.1, 0.15) is 38.1 Å². The molecule has 0 bridgehead atoms. The maximum Gasteiger partial charge on any atom is 0.327 e. The minimum absolute atomic E-state index is 0.0210. The number of benzene rings is 1. The highest BCUT2D eigenvalue weighted by molar-refractivity contribution is 5.94. The van der Waals surface area contributed by atoms with Gasteiger partial charge >= 0.3 is 5.97 Å². The first kappa shape index (κ1) is 19.9. The Hall–Kier alpha value is -2.43. The Kier molecular flexibility index (Phi) is 12.9. The van der Waals surface area contributed by atoms with Crippen molar-refractivity contribution in [1.82, 2.24) is 0 Å². The molecule has 0 saturated heterocycles. The molecule has 1 amide bonds. The third-order valence-electron chi connectivity index (χ3n) is 1.83. The second-order valence-corrected chi connectivity index (χ2v) is 3.23. The minimum atomic E-state index is -0.891. The number of carbonyl (C=O) groups is 3. The lowest BCUT2D eigenvalue weighted by Gasteiger charge is -1.98. The SMILES string of the molecule is C/C=C\C(=O)O.CC.CC(=O)c1ccc(NC=O)cc1. The maximum atomic E-state index is 10.8. The van der Waals surface area contributed by atoms with E-state index >= 15 is 0 Å². The molecule has 0 aromatic heterocycles. The molecule has 1 rings (SSSR count). The number of aliphatic carboxylic acids is 1. The Morgan fingerprint density at radius 2 is 1.65 bits per heavy atom. The summed E-state index contributed by atoms with van der Waals surface area (Å²) >= 11 is 0. The fourth-order valence-corrected chi connectivity index (χ4v) is 1.01. The van der Waals surface area contributed by atoms with Gasteiger partial charge in [0, 0.05) is 17.3 Å². The number of carboxylic acids is 1. The first-order valence-electron chi connectivity index (χ1n) is 6.18. The van der Waals surface area contributed by atoms with Crippen molar-refractivity contribution in [3.8, 4) is 0 Å². The van der Waals surface area contributed by atoms with E-state index in [1.165, 1.54) is 13.0 Å². The highest BCUT2D eigenvalue weighted by Crippen LogP contribution is 2.08. The van der Waals surface area contributed by atoms with Crippen LogP contribution in [-0.2, 0) is 9.59 Å². The highest BCUT2D eigenvalue weighted by atomic mass is 16.4. The number of carbonyl (C=O) groups excluding carboxylic acids is 2. The number of nitrogens with one attached hydrogen (secondary N) is 1. The number of hydrogen-bond donors (Lipinski definition) is 2. The predicted molar refractivity (Wildman–Crippen MR) is 79.9 cm³/mol. The van der Waals surface area contributed by atoms with Crippen LogP contribution in [0.3, 0.4) is 0 Å². The van der Waals surface area contributed by atoms with Crippen molar-refractivity contribution in [2.75, 3.05) is 5.32 Å². The molecule has 0 aliphatic carbocycles. The third-order valence-corrected chi connectivity index (χ3v) is 1.83. The lowest BCUT2D eigenvalue weighted by Crippen LogP contribution is -1.95. The van der Waals surface area contributed by atoms with Crippen LogP contribution >= 0.6 is 0 Å². The second-order valence-electron chi connectivity index (χ2n) is 3.23. The Bertz CT molecular complexity index is 436. The molecule has 0 atom stereocenters. The number of anilines is 1. The van der Waals surface area contributed by atoms with E-state index in [-0.39, 0.29) is 5.78 Å².